The maximum Gasteiger partial charge on any atom is 0.254 e. The van der Waals surface area contributed by atoms with Gasteiger partial charge in [-0.1, -0.05) is 0 Å². The highest BCUT2D eigenvalue weighted by Gasteiger charge is 2.51. The Hall–Kier alpha value is -4.13. The second-order valence-corrected chi connectivity index (χ2v) is 8.75. The van der Waals surface area contributed by atoms with E-state index in [0.717, 1.165) is 37.8 Å². The van der Waals surface area contributed by atoms with Crippen molar-refractivity contribution in [1.29, 1.82) is 5.26 Å². The zero-order valence-electron chi connectivity index (χ0n) is 18.2. The highest BCUT2D eigenvalue weighted by molar-refractivity contribution is 6.03. The Labute approximate surface area is 194 Å². The van der Waals surface area contributed by atoms with Gasteiger partial charge in [0.25, 0.3) is 5.91 Å². The number of anilines is 1. The van der Waals surface area contributed by atoms with E-state index in [4.69, 9.17) is 16.2 Å². The SMILES string of the molecule is N#CN1CC(n2nc(-c3ccc(Oc4ccc(F)cc4F)cc3)c(C(N)=O)c2N)CCC12CC2. The number of likely N-dealkylation sites (tertiary alicyclic amines) is 1. The molecule has 1 spiro atoms. The lowest BCUT2D eigenvalue weighted by Crippen LogP contribution is -2.43. The average molecular weight is 464 g/mol. The molecule has 3 aromatic rings. The first-order valence-electron chi connectivity index (χ1n) is 10.9. The summed E-state index contributed by atoms with van der Waals surface area (Å²) < 4.78 is 34.1. The molecule has 1 amide bonds. The largest absolute Gasteiger partial charge is 0.454 e. The smallest absolute Gasteiger partial charge is 0.254 e. The molecule has 8 nitrogen and oxygen atoms in total. The molecule has 2 aliphatic rings. The molecule has 1 unspecified atom stereocenters. The maximum atomic E-state index is 13.9. The van der Waals surface area contributed by atoms with Crippen molar-refractivity contribution in [2.45, 2.75) is 37.3 Å². The van der Waals surface area contributed by atoms with Crippen molar-refractivity contribution in [2.75, 3.05) is 12.3 Å². The summed E-state index contributed by atoms with van der Waals surface area (Å²) >= 11 is 0. The van der Waals surface area contributed by atoms with Crippen LogP contribution in [-0.2, 0) is 0 Å². The minimum atomic E-state index is -0.821. The van der Waals surface area contributed by atoms with Crippen LogP contribution in [0.25, 0.3) is 11.3 Å². The Kier molecular flexibility index (Phi) is 5.12. The molecule has 0 radical (unpaired) electrons. The maximum absolute atomic E-state index is 13.9. The normalized spacial score (nSPS) is 18.5. The Morgan fingerprint density at radius 1 is 1.18 bits per heavy atom. The van der Waals surface area contributed by atoms with Gasteiger partial charge in [-0.3, -0.25) is 4.79 Å². The van der Waals surface area contributed by atoms with Gasteiger partial charge < -0.3 is 21.1 Å². The molecule has 1 aliphatic heterocycles. The molecule has 10 heteroatoms. The number of amides is 1. The fraction of sp³-hybridized carbons (Fsp3) is 0.292. The summed E-state index contributed by atoms with van der Waals surface area (Å²) in [4.78, 5) is 14.0. The predicted octanol–water partition coefficient (Wildman–Crippen LogP) is 3.95. The minimum absolute atomic E-state index is 0.0255. The fourth-order valence-electron chi connectivity index (χ4n) is 4.61. The molecule has 1 saturated heterocycles. The number of nitrogen functional groups attached to an aromatic ring is 1. The Morgan fingerprint density at radius 3 is 2.53 bits per heavy atom. The van der Waals surface area contributed by atoms with Gasteiger partial charge in [-0.2, -0.15) is 10.4 Å². The third kappa shape index (κ3) is 3.69. The Morgan fingerprint density at radius 2 is 1.91 bits per heavy atom. The number of nitrogens with zero attached hydrogens (tertiary/aromatic N) is 4. The monoisotopic (exact) mass is 464 g/mol. The molecule has 1 aliphatic carbocycles. The number of ether oxygens (including phenoxy) is 1. The molecule has 174 valence electrons. The van der Waals surface area contributed by atoms with E-state index < -0.39 is 17.5 Å². The standard InChI is InChI=1S/C24H22F2N6O2/c25-15-3-6-19(18(26)11-15)34-17-4-1-14(2-5-17)21-20(23(29)33)22(28)32(30-21)16-7-8-24(9-10-24)31(12-16)13-27/h1-6,11,16H,7-10,12,28H2,(H2,29,33). The predicted molar refractivity (Wildman–Crippen MR) is 120 cm³/mol. The number of primary amides is 1. The van der Waals surface area contributed by atoms with Gasteiger partial charge in [0.15, 0.2) is 17.8 Å². The second kappa shape index (κ2) is 8.02. The van der Waals surface area contributed by atoms with E-state index in [0.29, 0.717) is 23.6 Å². The molecular formula is C24H22F2N6O2. The van der Waals surface area contributed by atoms with Crippen molar-refractivity contribution >= 4 is 11.7 Å². The molecule has 2 fully saturated rings. The van der Waals surface area contributed by atoms with E-state index in [2.05, 4.69) is 11.3 Å². The first-order chi connectivity index (χ1) is 16.3. The molecular weight excluding hydrogens is 442 g/mol. The molecule has 34 heavy (non-hydrogen) atoms. The first-order valence-corrected chi connectivity index (χ1v) is 10.9. The van der Waals surface area contributed by atoms with Crippen molar-refractivity contribution in [2.24, 2.45) is 5.73 Å². The van der Waals surface area contributed by atoms with Crippen LogP contribution in [-0.4, -0.2) is 32.7 Å². The number of rotatable bonds is 5. The molecule has 1 aromatic heterocycles. The van der Waals surface area contributed by atoms with Gasteiger partial charge in [0.1, 0.15) is 28.6 Å². The first kappa shape index (κ1) is 21.7. The van der Waals surface area contributed by atoms with Gasteiger partial charge >= 0.3 is 0 Å². The van der Waals surface area contributed by atoms with Gasteiger partial charge in [-0.05, 0) is 62.1 Å². The lowest BCUT2D eigenvalue weighted by atomic mass is 9.97. The van der Waals surface area contributed by atoms with E-state index in [9.17, 15) is 18.8 Å². The fourth-order valence-corrected chi connectivity index (χ4v) is 4.61. The summed E-state index contributed by atoms with van der Waals surface area (Å²) in [6.07, 6.45) is 5.95. The molecule has 0 bridgehead atoms. The number of nitriles is 1. The second-order valence-electron chi connectivity index (χ2n) is 8.75. The van der Waals surface area contributed by atoms with E-state index in [1.54, 1.807) is 33.8 Å². The van der Waals surface area contributed by atoms with Crippen LogP contribution in [0.1, 0.15) is 42.1 Å². The average Bonchev–Trinajstić information content (AvgIpc) is 3.50. The third-order valence-electron chi connectivity index (χ3n) is 6.65. The van der Waals surface area contributed by atoms with Crippen molar-refractivity contribution in [3.8, 4) is 28.9 Å². The Bertz CT molecular complexity index is 1310. The molecule has 4 N–H and O–H groups in total. The number of carbonyl (C=O) groups is 1. The van der Waals surface area contributed by atoms with Crippen LogP contribution in [0.2, 0.25) is 0 Å². The van der Waals surface area contributed by atoms with Crippen molar-refractivity contribution < 1.29 is 18.3 Å². The van der Waals surface area contributed by atoms with Crippen LogP contribution in [0.5, 0.6) is 11.5 Å². The van der Waals surface area contributed by atoms with Gasteiger partial charge in [-0.25, -0.2) is 13.5 Å². The van der Waals surface area contributed by atoms with Gasteiger partial charge in [0, 0.05) is 11.6 Å². The van der Waals surface area contributed by atoms with Crippen LogP contribution in [0.3, 0.4) is 0 Å². The van der Waals surface area contributed by atoms with Gasteiger partial charge in [0.05, 0.1) is 18.1 Å². The number of carbonyl (C=O) groups excluding carboxylic acids is 1. The highest BCUT2D eigenvalue weighted by atomic mass is 19.1. The van der Waals surface area contributed by atoms with Gasteiger partial charge in [0.2, 0.25) is 0 Å². The zero-order chi connectivity index (χ0) is 24.0. The number of piperidine rings is 1. The number of aromatic nitrogens is 2. The number of halogens is 2. The summed E-state index contributed by atoms with van der Waals surface area (Å²) in [6.45, 7) is 0.468. The lowest BCUT2D eigenvalue weighted by molar-refractivity contribution is 0.100. The number of hydrogen-bond donors (Lipinski definition) is 2. The number of nitrogens with two attached hydrogens (primary N) is 2. The third-order valence-corrected chi connectivity index (χ3v) is 6.65. The molecule has 2 aromatic carbocycles. The number of benzene rings is 2. The molecule has 1 saturated carbocycles. The number of hydrogen-bond acceptors (Lipinski definition) is 6. The van der Waals surface area contributed by atoms with Crippen LogP contribution in [0, 0.1) is 23.1 Å². The van der Waals surface area contributed by atoms with Gasteiger partial charge in [-0.15, -0.1) is 0 Å². The quantitative estimate of drug-likeness (QED) is 0.551. The summed E-state index contributed by atoms with van der Waals surface area (Å²) in [5.74, 6) is -1.87. The van der Waals surface area contributed by atoms with E-state index in [1.807, 2.05) is 0 Å². The van der Waals surface area contributed by atoms with Crippen LogP contribution in [0.15, 0.2) is 42.5 Å². The van der Waals surface area contributed by atoms with Crippen molar-refractivity contribution in [1.82, 2.24) is 14.7 Å². The summed E-state index contributed by atoms with van der Waals surface area (Å²) in [7, 11) is 0. The molecule has 1 atom stereocenters. The summed E-state index contributed by atoms with van der Waals surface area (Å²) in [5.41, 5.74) is 12.9. The highest BCUT2D eigenvalue weighted by Crippen LogP contribution is 2.50. The summed E-state index contributed by atoms with van der Waals surface area (Å²) in [5, 5.41) is 14.2. The van der Waals surface area contributed by atoms with E-state index >= 15 is 0 Å². The summed E-state index contributed by atoms with van der Waals surface area (Å²) in [6, 6.07) is 9.33. The zero-order valence-corrected chi connectivity index (χ0v) is 18.2. The van der Waals surface area contributed by atoms with Crippen LogP contribution >= 0.6 is 0 Å². The Balaban J connectivity index is 1.43. The minimum Gasteiger partial charge on any atom is -0.454 e. The molecule has 2 heterocycles. The van der Waals surface area contributed by atoms with E-state index in [1.165, 1.54) is 6.07 Å². The molecule has 5 rings (SSSR count). The topological polar surface area (TPSA) is 123 Å². The van der Waals surface area contributed by atoms with Crippen LogP contribution in [0.4, 0.5) is 14.6 Å². The van der Waals surface area contributed by atoms with Crippen LogP contribution < -0.4 is 16.2 Å². The lowest BCUT2D eigenvalue weighted by Gasteiger charge is -2.36. The van der Waals surface area contributed by atoms with E-state index in [-0.39, 0.29) is 28.7 Å². The van der Waals surface area contributed by atoms with Crippen molar-refractivity contribution in [3.05, 3.63) is 59.7 Å². The van der Waals surface area contributed by atoms with Crippen molar-refractivity contribution in [3.63, 3.8) is 0 Å².